The van der Waals surface area contributed by atoms with Crippen LogP contribution in [-0.2, 0) is 19.1 Å². The first-order chi connectivity index (χ1) is 7.19. The molecule has 0 aromatic heterocycles. The summed E-state index contributed by atoms with van der Waals surface area (Å²) in [6.45, 7) is 2.23. The van der Waals surface area contributed by atoms with Crippen molar-refractivity contribution in [1.29, 1.82) is 0 Å². The zero-order valence-corrected chi connectivity index (χ0v) is 9.32. The van der Waals surface area contributed by atoms with E-state index in [1.165, 1.54) is 7.11 Å². The number of rotatable bonds is 3. The van der Waals surface area contributed by atoms with E-state index in [9.17, 15) is 9.59 Å². The van der Waals surface area contributed by atoms with Crippen LogP contribution in [0.25, 0.3) is 0 Å². The first-order valence-corrected chi connectivity index (χ1v) is 5.43. The molecule has 0 aromatic carbocycles. The van der Waals surface area contributed by atoms with E-state index in [-0.39, 0.29) is 23.8 Å². The highest BCUT2D eigenvalue weighted by Crippen LogP contribution is 2.30. The molecule has 1 fully saturated rings. The smallest absolute Gasteiger partial charge is 0.308 e. The largest absolute Gasteiger partial charge is 0.469 e. The van der Waals surface area contributed by atoms with Crippen molar-refractivity contribution in [2.75, 3.05) is 13.7 Å². The summed E-state index contributed by atoms with van der Waals surface area (Å²) in [7, 11) is 1.40. The zero-order valence-electron chi connectivity index (χ0n) is 9.32. The second kappa shape index (κ2) is 5.73. The Balaban J connectivity index is 2.35. The summed E-state index contributed by atoms with van der Waals surface area (Å²) < 4.78 is 9.63. The third-order valence-electron chi connectivity index (χ3n) is 2.88. The van der Waals surface area contributed by atoms with Crippen molar-refractivity contribution in [1.82, 2.24) is 0 Å². The number of hydrogen-bond acceptors (Lipinski definition) is 4. The molecule has 1 aliphatic rings. The Bertz CT molecular complexity index is 229. The molecule has 0 N–H and O–H groups in total. The lowest BCUT2D eigenvalue weighted by molar-refractivity contribution is -0.153. The second-order valence-electron chi connectivity index (χ2n) is 3.82. The summed E-state index contributed by atoms with van der Waals surface area (Å²) in [5.74, 6) is -0.329. The summed E-state index contributed by atoms with van der Waals surface area (Å²) in [5, 5.41) is 0. The van der Waals surface area contributed by atoms with Crippen molar-refractivity contribution in [2.45, 2.75) is 32.6 Å². The summed E-state index contributed by atoms with van der Waals surface area (Å²) in [4.78, 5) is 22.6. The van der Waals surface area contributed by atoms with Gasteiger partial charge in [0.25, 0.3) is 0 Å². The van der Waals surface area contributed by atoms with Crippen LogP contribution in [0.1, 0.15) is 32.6 Å². The molecule has 0 spiro atoms. The minimum absolute atomic E-state index is 0.0224. The molecule has 0 unspecified atom stereocenters. The third kappa shape index (κ3) is 3.22. The topological polar surface area (TPSA) is 52.6 Å². The molecule has 0 aromatic rings. The molecule has 0 radical (unpaired) electrons. The van der Waals surface area contributed by atoms with Crippen molar-refractivity contribution < 1.29 is 19.1 Å². The Morgan fingerprint density at radius 2 is 1.53 bits per heavy atom. The Morgan fingerprint density at radius 3 is 1.93 bits per heavy atom. The molecule has 1 aliphatic carbocycles. The number of ether oxygens (including phenoxy) is 2. The molecule has 1 rings (SSSR count). The van der Waals surface area contributed by atoms with Crippen LogP contribution in [0.3, 0.4) is 0 Å². The molecule has 4 nitrogen and oxygen atoms in total. The average Bonchev–Trinajstić information content (AvgIpc) is 2.28. The number of carbonyl (C=O) groups excluding carboxylic acids is 2. The first kappa shape index (κ1) is 12.0. The highest BCUT2D eigenvalue weighted by molar-refractivity contribution is 5.75. The lowest BCUT2D eigenvalue weighted by Gasteiger charge is -2.25. The number of carbonyl (C=O) groups is 2. The van der Waals surface area contributed by atoms with E-state index in [1.54, 1.807) is 6.92 Å². The van der Waals surface area contributed by atoms with Gasteiger partial charge in [-0.05, 0) is 32.6 Å². The van der Waals surface area contributed by atoms with E-state index in [0.29, 0.717) is 6.61 Å². The standard InChI is InChI=1S/C11H18O4/c1-3-15-11(13)9-6-4-8(5-7-9)10(12)14-2/h8-9H,3-7H2,1-2H3. The summed E-state index contributed by atoms with van der Waals surface area (Å²) in [6.07, 6.45) is 2.93. The van der Waals surface area contributed by atoms with E-state index in [2.05, 4.69) is 4.74 Å². The lowest BCUT2D eigenvalue weighted by atomic mass is 9.82. The lowest BCUT2D eigenvalue weighted by Crippen LogP contribution is -2.27. The molecule has 15 heavy (non-hydrogen) atoms. The van der Waals surface area contributed by atoms with Crippen LogP contribution in [0.2, 0.25) is 0 Å². The van der Waals surface area contributed by atoms with Crippen molar-refractivity contribution in [3.8, 4) is 0 Å². The summed E-state index contributed by atoms with van der Waals surface area (Å²) in [6, 6.07) is 0. The van der Waals surface area contributed by atoms with E-state index in [0.717, 1.165) is 25.7 Å². The van der Waals surface area contributed by atoms with E-state index >= 15 is 0 Å². The molecule has 0 bridgehead atoms. The van der Waals surface area contributed by atoms with Crippen LogP contribution in [0, 0.1) is 11.8 Å². The van der Waals surface area contributed by atoms with E-state index in [4.69, 9.17) is 4.74 Å². The van der Waals surface area contributed by atoms with Crippen LogP contribution in [0.4, 0.5) is 0 Å². The molecule has 86 valence electrons. The highest BCUT2D eigenvalue weighted by atomic mass is 16.5. The summed E-state index contributed by atoms with van der Waals surface area (Å²) >= 11 is 0. The Kier molecular flexibility index (Phi) is 4.59. The van der Waals surface area contributed by atoms with Gasteiger partial charge in [-0.2, -0.15) is 0 Å². The van der Waals surface area contributed by atoms with Crippen molar-refractivity contribution in [3.63, 3.8) is 0 Å². The molecule has 0 aliphatic heterocycles. The fraction of sp³-hybridized carbons (Fsp3) is 0.818. The van der Waals surface area contributed by atoms with Gasteiger partial charge in [0.05, 0.1) is 25.6 Å². The van der Waals surface area contributed by atoms with Crippen molar-refractivity contribution in [3.05, 3.63) is 0 Å². The molecule has 0 atom stereocenters. The van der Waals surface area contributed by atoms with Crippen molar-refractivity contribution in [2.24, 2.45) is 11.8 Å². The predicted octanol–water partition coefficient (Wildman–Crippen LogP) is 1.53. The van der Waals surface area contributed by atoms with Crippen LogP contribution in [-0.4, -0.2) is 25.7 Å². The molecule has 1 saturated carbocycles. The second-order valence-corrected chi connectivity index (χ2v) is 3.82. The highest BCUT2D eigenvalue weighted by Gasteiger charge is 2.30. The molecule has 0 amide bonds. The van der Waals surface area contributed by atoms with Crippen LogP contribution < -0.4 is 0 Å². The van der Waals surface area contributed by atoms with Gasteiger partial charge in [0.2, 0.25) is 0 Å². The summed E-state index contributed by atoms with van der Waals surface area (Å²) in [5.41, 5.74) is 0. The maximum absolute atomic E-state index is 11.4. The van der Waals surface area contributed by atoms with Crippen molar-refractivity contribution >= 4 is 11.9 Å². The van der Waals surface area contributed by atoms with Crippen LogP contribution in [0.5, 0.6) is 0 Å². The molecule has 4 heteroatoms. The Labute approximate surface area is 89.9 Å². The van der Waals surface area contributed by atoms with E-state index in [1.807, 2.05) is 0 Å². The maximum Gasteiger partial charge on any atom is 0.308 e. The van der Waals surface area contributed by atoms with Gasteiger partial charge in [-0.1, -0.05) is 0 Å². The van der Waals surface area contributed by atoms with Gasteiger partial charge < -0.3 is 9.47 Å². The average molecular weight is 214 g/mol. The SMILES string of the molecule is CCOC(=O)C1CCC(C(=O)OC)CC1. The van der Waals surface area contributed by atoms with Gasteiger partial charge in [-0.15, -0.1) is 0 Å². The maximum atomic E-state index is 11.4. The number of methoxy groups -OCH3 is 1. The first-order valence-electron chi connectivity index (χ1n) is 5.43. The molecule has 0 saturated heterocycles. The van der Waals surface area contributed by atoms with Gasteiger partial charge >= 0.3 is 11.9 Å². The normalized spacial score (nSPS) is 25.7. The quantitative estimate of drug-likeness (QED) is 0.668. The van der Waals surface area contributed by atoms with Crippen LogP contribution >= 0.6 is 0 Å². The van der Waals surface area contributed by atoms with Crippen LogP contribution in [0.15, 0.2) is 0 Å². The van der Waals surface area contributed by atoms with Gasteiger partial charge in [-0.25, -0.2) is 0 Å². The van der Waals surface area contributed by atoms with Gasteiger partial charge in [0.1, 0.15) is 0 Å². The molecule has 0 heterocycles. The van der Waals surface area contributed by atoms with E-state index < -0.39 is 0 Å². The number of esters is 2. The zero-order chi connectivity index (χ0) is 11.3. The Hall–Kier alpha value is -1.06. The minimum atomic E-state index is -0.155. The van der Waals surface area contributed by atoms with Gasteiger partial charge in [-0.3, -0.25) is 9.59 Å². The molecular formula is C11H18O4. The fourth-order valence-electron chi connectivity index (χ4n) is 1.99. The monoisotopic (exact) mass is 214 g/mol. The molecular weight excluding hydrogens is 196 g/mol. The Morgan fingerprint density at radius 1 is 1.07 bits per heavy atom. The van der Waals surface area contributed by atoms with Gasteiger partial charge in [0, 0.05) is 0 Å². The van der Waals surface area contributed by atoms with Gasteiger partial charge in [0.15, 0.2) is 0 Å². The third-order valence-corrected chi connectivity index (χ3v) is 2.88. The fourth-order valence-corrected chi connectivity index (χ4v) is 1.99. The number of hydrogen-bond donors (Lipinski definition) is 0. The predicted molar refractivity (Wildman–Crippen MR) is 54.1 cm³/mol. The minimum Gasteiger partial charge on any atom is -0.469 e.